The van der Waals surface area contributed by atoms with E-state index in [9.17, 15) is 9.59 Å². The first-order valence-electron chi connectivity index (χ1n) is 4.40. The molecule has 0 fully saturated rings. The second kappa shape index (κ2) is 4.91. The normalized spacial score (nSPS) is 13.6. The summed E-state index contributed by atoms with van der Waals surface area (Å²) >= 11 is 0. The van der Waals surface area contributed by atoms with E-state index >= 15 is 0 Å². The number of carbonyl (C=O) groups excluding carboxylic acids is 2. The van der Waals surface area contributed by atoms with Crippen LogP contribution in [0, 0.1) is 11.3 Å². The van der Waals surface area contributed by atoms with Gasteiger partial charge in [0.05, 0.1) is 6.61 Å². The molecular weight excluding hydrogens is 194 g/mol. The summed E-state index contributed by atoms with van der Waals surface area (Å²) in [5.74, 6) is -0.835. The lowest BCUT2D eigenvalue weighted by Crippen LogP contribution is -2.09. The van der Waals surface area contributed by atoms with Gasteiger partial charge in [-0.1, -0.05) is 0 Å². The van der Waals surface area contributed by atoms with E-state index in [1.807, 2.05) is 0 Å². The zero-order valence-corrected chi connectivity index (χ0v) is 8.19. The minimum Gasteiger partial charge on any atom is -0.462 e. The Bertz CT molecular complexity index is 404. The molecule has 1 aliphatic carbocycles. The van der Waals surface area contributed by atoms with E-state index in [0.29, 0.717) is 5.57 Å². The summed E-state index contributed by atoms with van der Waals surface area (Å²) in [4.78, 5) is 22.1. The maximum Gasteiger partial charge on any atom is 0.349 e. The molecule has 0 aromatic carbocycles. The lowest BCUT2D eigenvalue weighted by atomic mass is 10.0. The van der Waals surface area contributed by atoms with Crippen LogP contribution in [-0.4, -0.2) is 18.4 Å². The number of carbonyl (C=O) groups is 2. The lowest BCUT2D eigenvalue weighted by molar-refractivity contribution is -0.138. The Balaban J connectivity index is 3.01. The first-order chi connectivity index (χ1) is 7.19. The molecule has 1 aliphatic rings. The van der Waals surface area contributed by atoms with Gasteiger partial charge in [0.15, 0.2) is 5.78 Å². The molecule has 15 heavy (non-hydrogen) atoms. The predicted molar refractivity (Wildman–Crippen MR) is 52.6 cm³/mol. The van der Waals surface area contributed by atoms with Crippen molar-refractivity contribution in [1.82, 2.24) is 0 Å². The van der Waals surface area contributed by atoms with Gasteiger partial charge < -0.3 is 4.74 Å². The third-order valence-corrected chi connectivity index (χ3v) is 1.73. The third kappa shape index (κ3) is 2.64. The van der Waals surface area contributed by atoms with E-state index in [1.54, 1.807) is 13.0 Å². The Morgan fingerprint density at radius 2 is 2.00 bits per heavy atom. The summed E-state index contributed by atoms with van der Waals surface area (Å²) in [6.45, 7) is 1.87. The molecule has 0 saturated heterocycles. The first kappa shape index (κ1) is 10.9. The number of ether oxygens (including phenoxy) is 1. The van der Waals surface area contributed by atoms with Gasteiger partial charge in [-0.2, -0.15) is 5.26 Å². The van der Waals surface area contributed by atoms with Crippen LogP contribution in [0.2, 0.25) is 0 Å². The molecule has 4 nitrogen and oxygen atoms in total. The van der Waals surface area contributed by atoms with Crippen molar-refractivity contribution in [2.75, 3.05) is 6.61 Å². The van der Waals surface area contributed by atoms with Crippen LogP contribution in [0.1, 0.15) is 6.92 Å². The maximum absolute atomic E-state index is 11.3. The van der Waals surface area contributed by atoms with Crippen molar-refractivity contribution < 1.29 is 14.3 Å². The Morgan fingerprint density at radius 1 is 1.40 bits per heavy atom. The van der Waals surface area contributed by atoms with Crippen LogP contribution in [0.15, 0.2) is 35.5 Å². The Hall–Kier alpha value is -2.15. The molecule has 1 rings (SSSR count). The number of ketones is 1. The van der Waals surface area contributed by atoms with Gasteiger partial charge in [0, 0.05) is 0 Å². The minimum atomic E-state index is -0.668. The second-order valence-corrected chi connectivity index (χ2v) is 2.73. The van der Waals surface area contributed by atoms with Crippen LogP contribution in [-0.2, 0) is 14.3 Å². The smallest absolute Gasteiger partial charge is 0.349 e. The number of hydrogen-bond donors (Lipinski definition) is 0. The van der Waals surface area contributed by atoms with Gasteiger partial charge in [0.1, 0.15) is 11.6 Å². The van der Waals surface area contributed by atoms with Gasteiger partial charge in [-0.15, -0.1) is 0 Å². The fraction of sp³-hybridized carbons (Fsp3) is 0.182. The fourth-order valence-corrected chi connectivity index (χ4v) is 1.05. The molecule has 0 N–H and O–H groups in total. The van der Waals surface area contributed by atoms with E-state index in [0.717, 1.165) is 0 Å². The monoisotopic (exact) mass is 203 g/mol. The highest BCUT2D eigenvalue weighted by atomic mass is 16.5. The van der Waals surface area contributed by atoms with Crippen molar-refractivity contribution in [3.05, 3.63) is 35.5 Å². The van der Waals surface area contributed by atoms with Gasteiger partial charge in [-0.25, -0.2) is 4.79 Å². The summed E-state index contributed by atoms with van der Waals surface area (Å²) in [6, 6.07) is 1.76. The summed E-state index contributed by atoms with van der Waals surface area (Å²) in [5.41, 5.74) is 0.312. The molecule has 0 amide bonds. The number of rotatable bonds is 2. The van der Waals surface area contributed by atoms with Crippen molar-refractivity contribution in [2.45, 2.75) is 6.92 Å². The number of nitriles is 1. The zero-order chi connectivity index (χ0) is 11.3. The van der Waals surface area contributed by atoms with Gasteiger partial charge >= 0.3 is 5.97 Å². The molecule has 0 aliphatic heterocycles. The molecular formula is C11H9NO3. The zero-order valence-electron chi connectivity index (χ0n) is 8.19. The van der Waals surface area contributed by atoms with Gasteiger partial charge in [-0.05, 0) is 36.8 Å². The van der Waals surface area contributed by atoms with Crippen molar-refractivity contribution in [1.29, 1.82) is 5.26 Å². The Labute approximate surface area is 87.1 Å². The summed E-state index contributed by atoms with van der Waals surface area (Å²) in [5, 5.41) is 8.78. The summed E-state index contributed by atoms with van der Waals surface area (Å²) in [7, 11) is 0. The average Bonchev–Trinajstić information content (AvgIpc) is 2.22. The largest absolute Gasteiger partial charge is 0.462 e. The standard InChI is InChI=1S/C11H9NO3/c1-2-15-11(14)10(7-12)8-3-5-9(13)6-4-8/h3-6H,2H2,1H3. The molecule has 0 heterocycles. The highest BCUT2D eigenvalue weighted by molar-refractivity contribution is 6.03. The quantitative estimate of drug-likeness (QED) is 0.382. The molecule has 4 heteroatoms. The molecule has 0 unspecified atom stereocenters. The number of nitrogens with zero attached hydrogens (tertiary/aromatic N) is 1. The van der Waals surface area contributed by atoms with E-state index in [-0.39, 0.29) is 18.0 Å². The van der Waals surface area contributed by atoms with E-state index in [1.165, 1.54) is 24.3 Å². The molecule has 0 radical (unpaired) electrons. The second-order valence-electron chi connectivity index (χ2n) is 2.73. The number of allylic oxidation sites excluding steroid dienone is 5. The van der Waals surface area contributed by atoms with Crippen LogP contribution >= 0.6 is 0 Å². The lowest BCUT2D eigenvalue weighted by Gasteiger charge is -2.03. The highest BCUT2D eigenvalue weighted by Gasteiger charge is 2.14. The third-order valence-electron chi connectivity index (χ3n) is 1.73. The Morgan fingerprint density at radius 3 is 2.47 bits per heavy atom. The van der Waals surface area contributed by atoms with Crippen molar-refractivity contribution >= 4 is 11.8 Å². The van der Waals surface area contributed by atoms with Gasteiger partial charge in [0.2, 0.25) is 0 Å². The molecule has 0 aromatic rings. The average molecular weight is 203 g/mol. The van der Waals surface area contributed by atoms with Crippen molar-refractivity contribution in [3.63, 3.8) is 0 Å². The van der Waals surface area contributed by atoms with E-state index in [4.69, 9.17) is 10.00 Å². The van der Waals surface area contributed by atoms with Gasteiger partial charge in [0.25, 0.3) is 0 Å². The molecule has 0 atom stereocenters. The van der Waals surface area contributed by atoms with Crippen LogP contribution in [0.4, 0.5) is 0 Å². The maximum atomic E-state index is 11.3. The van der Waals surface area contributed by atoms with Crippen LogP contribution in [0.5, 0.6) is 0 Å². The summed E-state index contributed by atoms with van der Waals surface area (Å²) < 4.78 is 4.70. The van der Waals surface area contributed by atoms with Crippen molar-refractivity contribution in [3.8, 4) is 6.07 Å². The predicted octanol–water partition coefficient (Wildman–Crippen LogP) is 1.06. The summed E-state index contributed by atoms with van der Waals surface area (Å²) in [6.07, 6.45) is 5.45. The van der Waals surface area contributed by atoms with Crippen LogP contribution in [0.25, 0.3) is 0 Å². The number of esters is 1. The SMILES string of the molecule is CCOC(=O)C(C#N)=C1C=CC(=O)C=C1. The molecule has 0 spiro atoms. The van der Waals surface area contributed by atoms with Crippen LogP contribution in [0.3, 0.4) is 0 Å². The minimum absolute atomic E-state index is 0.0862. The molecule has 0 bridgehead atoms. The highest BCUT2D eigenvalue weighted by Crippen LogP contribution is 2.13. The van der Waals surface area contributed by atoms with Crippen LogP contribution < -0.4 is 0 Å². The van der Waals surface area contributed by atoms with Crippen molar-refractivity contribution in [2.24, 2.45) is 0 Å². The van der Waals surface area contributed by atoms with E-state index in [2.05, 4.69) is 0 Å². The first-order valence-corrected chi connectivity index (χ1v) is 4.40. The topological polar surface area (TPSA) is 67.2 Å². The van der Waals surface area contributed by atoms with Gasteiger partial charge in [-0.3, -0.25) is 4.79 Å². The fourth-order valence-electron chi connectivity index (χ4n) is 1.05. The number of hydrogen-bond acceptors (Lipinski definition) is 4. The molecule has 0 saturated carbocycles. The molecule has 76 valence electrons. The van der Waals surface area contributed by atoms with E-state index < -0.39 is 5.97 Å². The molecule has 0 aromatic heterocycles. The Kier molecular flexibility index (Phi) is 3.58.